The van der Waals surface area contributed by atoms with Crippen LogP contribution < -0.4 is 0 Å². The first-order valence-electron chi connectivity index (χ1n) is 26.2. The molecule has 0 radical (unpaired) electrons. The van der Waals surface area contributed by atoms with Crippen LogP contribution in [0.25, 0.3) is 0 Å². The second-order valence-corrected chi connectivity index (χ2v) is 27.8. The highest BCUT2D eigenvalue weighted by Gasteiger charge is 2.41. The smallest absolute Gasteiger partial charge is 0.0129 e. The lowest BCUT2D eigenvalue weighted by atomic mass is 9.66. The van der Waals surface area contributed by atoms with E-state index in [9.17, 15) is 0 Å². The molecule has 0 saturated heterocycles. The van der Waals surface area contributed by atoms with E-state index in [4.69, 9.17) is 0 Å². The monoisotopic (exact) mass is 879 g/mol. The van der Waals surface area contributed by atoms with Gasteiger partial charge in [-0.05, 0) is 145 Å². The first-order chi connectivity index (χ1) is 28.9. The summed E-state index contributed by atoms with van der Waals surface area (Å²) in [6.45, 7) is 60.3. The lowest BCUT2D eigenvalue weighted by Gasteiger charge is -2.39. The summed E-state index contributed by atoms with van der Waals surface area (Å²) in [5, 5.41) is 0. The summed E-state index contributed by atoms with van der Waals surface area (Å²) in [5.74, 6) is 6.36. The molecule has 0 aromatic heterocycles. The Hall–Kier alpha value is -2.34. The molecule has 4 atom stereocenters. The summed E-state index contributed by atoms with van der Waals surface area (Å²) in [6.07, 6.45) is 8.70. The van der Waals surface area contributed by atoms with Gasteiger partial charge in [0.2, 0.25) is 0 Å². The Balaban J connectivity index is 0.000000400. The predicted octanol–water partition coefficient (Wildman–Crippen LogP) is 21.1. The number of hydrogen-bond acceptors (Lipinski definition) is 0. The molecule has 2 fully saturated rings. The summed E-state index contributed by atoms with van der Waals surface area (Å²) < 4.78 is 0. The molecule has 0 bridgehead atoms. The molecular formula is C64H110. The summed E-state index contributed by atoms with van der Waals surface area (Å²) in [5.41, 5.74) is 11.2. The van der Waals surface area contributed by atoms with Crippen LogP contribution >= 0.6 is 0 Å². The van der Waals surface area contributed by atoms with Gasteiger partial charge < -0.3 is 0 Å². The molecule has 0 heteroatoms. The number of hydrogen-bond donors (Lipinski definition) is 0. The van der Waals surface area contributed by atoms with E-state index in [1.807, 2.05) is 0 Å². The van der Waals surface area contributed by atoms with Gasteiger partial charge in [-0.1, -0.05) is 259 Å². The molecule has 2 saturated carbocycles. The Labute approximate surface area is 402 Å². The topological polar surface area (TPSA) is 0 Å². The molecule has 4 unspecified atom stereocenters. The van der Waals surface area contributed by atoms with Crippen LogP contribution in [-0.4, -0.2) is 0 Å². The summed E-state index contributed by atoms with van der Waals surface area (Å²) in [6, 6.07) is 26.6. The van der Waals surface area contributed by atoms with Crippen molar-refractivity contribution in [1.29, 1.82) is 0 Å². The first-order valence-corrected chi connectivity index (χ1v) is 26.2. The van der Waals surface area contributed by atoms with Crippen molar-refractivity contribution in [3.63, 3.8) is 0 Å². The van der Waals surface area contributed by atoms with Crippen molar-refractivity contribution < 1.29 is 0 Å². The highest BCUT2D eigenvalue weighted by atomic mass is 14.5. The lowest BCUT2D eigenvalue weighted by Crippen LogP contribution is -2.32. The van der Waals surface area contributed by atoms with Gasteiger partial charge in [-0.2, -0.15) is 0 Å². The second kappa shape index (κ2) is 24.6. The Morgan fingerprint density at radius 3 is 0.859 bits per heavy atom. The first kappa shape index (κ1) is 59.7. The third-order valence-corrected chi connectivity index (χ3v) is 14.7. The van der Waals surface area contributed by atoms with Gasteiger partial charge in [-0.3, -0.25) is 0 Å². The van der Waals surface area contributed by atoms with Gasteiger partial charge in [0.1, 0.15) is 0 Å². The van der Waals surface area contributed by atoms with Crippen LogP contribution in [0.1, 0.15) is 276 Å². The molecule has 5 rings (SSSR count). The van der Waals surface area contributed by atoms with E-state index in [0.717, 1.165) is 23.7 Å². The van der Waals surface area contributed by atoms with Crippen LogP contribution in [0.5, 0.6) is 0 Å². The van der Waals surface area contributed by atoms with Crippen LogP contribution in [0.3, 0.4) is 0 Å². The zero-order valence-corrected chi connectivity index (χ0v) is 47.8. The number of rotatable bonds is 4. The quantitative estimate of drug-likeness (QED) is 0.245. The molecule has 3 aromatic rings. The predicted molar refractivity (Wildman–Crippen MR) is 293 cm³/mol. The van der Waals surface area contributed by atoms with Crippen LogP contribution in [0, 0.1) is 45.3 Å². The molecule has 0 heterocycles. The van der Waals surface area contributed by atoms with Crippen LogP contribution in [0.15, 0.2) is 72.8 Å². The van der Waals surface area contributed by atoms with E-state index in [2.05, 4.69) is 253 Å². The van der Waals surface area contributed by atoms with Gasteiger partial charge in [0.15, 0.2) is 0 Å². The van der Waals surface area contributed by atoms with Gasteiger partial charge >= 0.3 is 0 Å². The maximum Gasteiger partial charge on any atom is -0.0129 e. The third-order valence-electron chi connectivity index (χ3n) is 14.7. The van der Waals surface area contributed by atoms with Crippen molar-refractivity contribution in [2.24, 2.45) is 45.3 Å². The molecule has 64 heavy (non-hydrogen) atoms. The van der Waals surface area contributed by atoms with Gasteiger partial charge in [0.25, 0.3) is 0 Å². The zero-order chi connectivity index (χ0) is 49.8. The van der Waals surface area contributed by atoms with E-state index >= 15 is 0 Å². The fourth-order valence-corrected chi connectivity index (χ4v) is 9.92. The fraction of sp³-hybridized carbons (Fsp3) is 0.719. The van der Waals surface area contributed by atoms with E-state index in [1.165, 1.54) is 71.9 Å². The molecule has 0 N–H and O–H groups in total. The van der Waals surface area contributed by atoms with Crippen molar-refractivity contribution in [3.05, 3.63) is 106 Å². The SMILES string of the molecule is CC(C)(C)C1CCC(C(C)(C)C)C1.CC(C)(C)C1CCCC1C(C)(C)C.CC(C)(C)c1ccccc1C(C)(C)C.CC(C)c1ccc(C(C)C)cc1.CC(C)c1cccc(C(C)C)c1. The van der Waals surface area contributed by atoms with Gasteiger partial charge in [-0.15, -0.1) is 0 Å². The fourth-order valence-electron chi connectivity index (χ4n) is 9.92. The highest BCUT2D eigenvalue weighted by molar-refractivity contribution is 5.37. The van der Waals surface area contributed by atoms with Gasteiger partial charge in [0, 0.05) is 0 Å². The average Bonchev–Trinajstić information content (AvgIpc) is 3.88. The average molecular weight is 880 g/mol. The third kappa shape index (κ3) is 20.7. The van der Waals surface area contributed by atoms with Crippen LogP contribution in [0.4, 0.5) is 0 Å². The molecular weight excluding hydrogens is 769 g/mol. The highest BCUT2D eigenvalue weighted by Crippen LogP contribution is 2.51. The van der Waals surface area contributed by atoms with Crippen molar-refractivity contribution >= 4 is 0 Å². The van der Waals surface area contributed by atoms with Crippen molar-refractivity contribution in [2.75, 3.05) is 0 Å². The van der Waals surface area contributed by atoms with E-state index in [-0.39, 0.29) is 10.8 Å². The molecule has 0 amide bonds. The van der Waals surface area contributed by atoms with E-state index < -0.39 is 0 Å². The Bertz CT molecular complexity index is 1590. The molecule has 2 aliphatic rings. The normalized spacial score (nSPS) is 19.6. The van der Waals surface area contributed by atoms with E-state index in [1.54, 1.807) is 0 Å². The molecule has 366 valence electrons. The molecule has 2 aliphatic carbocycles. The maximum absolute atomic E-state index is 2.40. The Morgan fingerprint density at radius 1 is 0.344 bits per heavy atom. The van der Waals surface area contributed by atoms with Gasteiger partial charge in [0.05, 0.1) is 0 Å². The summed E-state index contributed by atoms with van der Waals surface area (Å²) in [7, 11) is 0. The summed E-state index contributed by atoms with van der Waals surface area (Å²) >= 11 is 0. The van der Waals surface area contributed by atoms with Crippen molar-refractivity contribution in [1.82, 2.24) is 0 Å². The second-order valence-electron chi connectivity index (χ2n) is 27.8. The minimum absolute atomic E-state index is 0.240. The Kier molecular flexibility index (Phi) is 22.9. The van der Waals surface area contributed by atoms with Crippen LogP contribution in [0.2, 0.25) is 0 Å². The summed E-state index contributed by atoms with van der Waals surface area (Å²) in [4.78, 5) is 0. The van der Waals surface area contributed by atoms with Crippen molar-refractivity contribution in [2.45, 2.75) is 253 Å². The lowest BCUT2D eigenvalue weighted by molar-refractivity contribution is 0.0992. The van der Waals surface area contributed by atoms with Crippen molar-refractivity contribution in [3.8, 4) is 0 Å². The standard InChI is InChI=1S/C14H22.2C13H26.2C12H18/c1-13(2,3)11-9-7-8-10-12(11)14(4,5)6;1-12(2,3)10-7-8-11(9-10)13(4,5)6;1-12(2,3)10-8-7-9-11(10)13(4,5)6;1-9(2)11-5-7-12(8-6-11)10(3)4;1-9(2)11-6-5-7-12(8-11)10(3)4/h7-10H,1-6H3;2*10-11H,7-9H2,1-6H3;2*5-10H,1-4H3. The number of benzene rings is 3. The molecule has 0 spiro atoms. The minimum Gasteiger partial charge on any atom is -0.0620 e. The Morgan fingerprint density at radius 2 is 0.641 bits per heavy atom. The molecule has 0 aliphatic heterocycles. The molecule has 3 aromatic carbocycles. The zero-order valence-electron chi connectivity index (χ0n) is 47.8. The maximum atomic E-state index is 2.40. The van der Waals surface area contributed by atoms with E-state index in [0.29, 0.717) is 45.3 Å². The van der Waals surface area contributed by atoms with Gasteiger partial charge in [-0.25, -0.2) is 0 Å². The molecule has 0 nitrogen and oxygen atoms in total. The minimum atomic E-state index is 0.240. The largest absolute Gasteiger partial charge is 0.0620 e. The van der Waals surface area contributed by atoms with Crippen LogP contribution in [-0.2, 0) is 10.8 Å².